The minimum atomic E-state index is -0.0873. The Morgan fingerprint density at radius 3 is 2.72 bits per heavy atom. The van der Waals surface area contributed by atoms with Crippen LogP contribution in [0.25, 0.3) is 0 Å². The smallest absolute Gasteiger partial charge is 0.104 e. The third-order valence-electron chi connectivity index (χ3n) is 3.38. The van der Waals surface area contributed by atoms with Crippen LogP contribution in [0.2, 0.25) is 0 Å². The minimum Gasteiger partial charge on any atom is -0.384 e. The number of aliphatic hydroxyl groups is 1. The Balaban J connectivity index is 1.90. The summed E-state index contributed by atoms with van der Waals surface area (Å²) >= 11 is 0. The van der Waals surface area contributed by atoms with Crippen LogP contribution in [0.3, 0.4) is 0 Å². The summed E-state index contributed by atoms with van der Waals surface area (Å²) in [5.41, 5.74) is 7.95. The van der Waals surface area contributed by atoms with Crippen LogP contribution < -0.4 is 5.73 Å². The number of hydrogen-bond acceptors (Lipinski definition) is 3. The van der Waals surface area contributed by atoms with Crippen molar-refractivity contribution >= 4 is 0 Å². The van der Waals surface area contributed by atoms with Gasteiger partial charge >= 0.3 is 0 Å². The van der Waals surface area contributed by atoms with E-state index in [9.17, 15) is 0 Å². The molecule has 0 radical (unpaired) electrons. The Labute approximate surface area is 109 Å². The zero-order chi connectivity index (χ0) is 12.8. The molecule has 1 unspecified atom stereocenters. The van der Waals surface area contributed by atoms with Crippen molar-refractivity contribution in [1.29, 1.82) is 0 Å². The number of aliphatic hydroxyl groups excluding tert-OH is 1. The molecule has 0 saturated carbocycles. The van der Waals surface area contributed by atoms with Crippen LogP contribution in [0.15, 0.2) is 24.3 Å². The third-order valence-corrected chi connectivity index (χ3v) is 3.38. The summed E-state index contributed by atoms with van der Waals surface area (Å²) in [5.74, 6) is 6.22. The highest BCUT2D eigenvalue weighted by atomic mass is 16.2. The lowest BCUT2D eigenvalue weighted by Crippen LogP contribution is -2.22. The fourth-order valence-electron chi connectivity index (χ4n) is 2.34. The van der Waals surface area contributed by atoms with E-state index >= 15 is 0 Å². The number of hydrogen-bond donors (Lipinski definition) is 2. The van der Waals surface area contributed by atoms with E-state index in [4.69, 9.17) is 10.8 Å². The fraction of sp³-hybridized carbons (Fsp3) is 0.467. The highest BCUT2D eigenvalue weighted by molar-refractivity contribution is 5.36. The molecule has 1 aliphatic rings. The number of benzene rings is 1. The van der Waals surface area contributed by atoms with E-state index in [1.54, 1.807) is 0 Å². The second-order valence-corrected chi connectivity index (χ2v) is 4.78. The molecule has 1 aliphatic heterocycles. The van der Waals surface area contributed by atoms with Crippen LogP contribution in [-0.2, 0) is 6.54 Å². The maximum Gasteiger partial charge on any atom is 0.104 e. The molecule has 0 aromatic heterocycles. The van der Waals surface area contributed by atoms with Gasteiger partial charge in [-0.15, -0.1) is 0 Å². The van der Waals surface area contributed by atoms with Gasteiger partial charge in [-0.05, 0) is 43.1 Å². The van der Waals surface area contributed by atoms with E-state index in [0.29, 0.717) is 5.92 Å². The van der Waals surface area contributed by atoms with E-state index in [1.807, 2.05) is 12.1 Å². The molecule has 1 atom stereocenters. The molecule has 0 aliphatic carbocycles. The molecule has 3 nitrogen and oxygen atoms in total. The largest absolute Gasteiger partial charge is 0.384 e. The normalized spacial score (nSPS) is 19.6. The van der Waals surface area contributed by atoms with Crippen LogP contribution in [0, 0.1) is 17.8 Å². The van der Waals surface area contributed by atoms with Crippen molar-refractivity contribution in [2.45, 2.75) is 13.0 Å². The molecule has 1 fully saturated rings. The molecule has 2 rings (SSSR count). The van der Waals surface area contributed by atoms with Crippen molar-refractivity contribution in [3.63, 3.8) is 0 Å². The van der Waals surface area contributed by atoms with E-state index in [1.165, 1.54) is 12.0 Å². The molecule has 1 heterocycles. The van der Waals surface area contributed by atoms with Gasteiger partial charge in [0.05, 0.1) is 0 Å². The predicted octanol–water partition coefficient (Wildman–Crippen LogP) is 0.811. The van der Waals surface area contributed by atoms with Crippen LogP contribution in [0.4, 0.5) is 0 Å². The summed E-state index contributed by atoms with van der Waals surface area (Å²) in [4.78, 5) is 2.45. The average Bonchev–Trinajstić information content (AvgIpc) is 2.86. The van der Waals surface area contributed by atoms with Gasteiger partial charge in [-0.2, -0.15) is 0 Å². The number of likely N-dealkylation sites (tertiary alicyclic amines) is 1. The second kappa shape index (κ2) is 6.55. The lowest BCUT2D eigenvalue weighted by molar-refractivity contribution is 0.318. The maximum absolute atomic E-state index is 8.63. The summed E-state index contributed by atoms with van der Waals surface area (Å²) in [6.07, 6.45) is 1.22. The quantitative estimate of drug-likeness (QED) is 0.774. The molecule has 3 N–H and O–H groups in total. The highest BCUT2D eigenvalue weighted by Gasteiger charge is 2.20. The van der Waals surface area contributed by atoms with Crippen molar-refractivity contribution in [3.8, 4) is 11.8 Å². The summed E-state index contributed by atoms with van der Waals surface area (Å²) in [5, 5.41) is 8.63. The van der Waals surface area contributed by atoms with E-state index in [-0.39, 0.29) is 6.61 Å². The molecule has 0 amide bonds. The summed E-state index contributed by atoms with van der Waals surface area (Å²) in [6, 6.07) is 8.23. The summed E-state index contributed by atoms with van der Waals surface area (Å²) in [7, 11) is 0. The first-order valence-electron chi connectivity index (χ1n) is 6.43. The van der Waals surface area contributed by atoms with Gasteiger partial charge in [-0.25, -0.2) is 0 Å². The van der Waals surface area contributed by atoms with E-state index < -0.39 is 0 Å². The van der Waals surface area contributed by atoms with Crippen molar-refractivity contribution < 1.29 is 5.11 Å². The molecule has 1 aromatic carbocycles. The van der Waals surface area contributed by atoms with Crippen LogP contribution >= 0.6 is 0 Å². The number of nitrogens with zero attached hydrogens (tertiary/aromatic N) is 1. The molecule has 0 bridgehead atoms. The topological polar surface area (TPSA) is 49.5 Å². The van der Waals surface area contributed by atoms with Crippen LogP contribution in [-0.4, -0.2) is 36.2 Å². The van der Waals surface area contributed by atoms with Crippen molar-refractivity contribution in [2.24, 2.45) is 11.7 Å². The van der Waals surface area contributed by atoms with Crippen molar-refractivity contribution in [1.82, 2.24) is 4.90 Å². The third kappa shape index (κ3) is 3.58. The van der Waals surface area contributed by atoms with E-state index in [0.717, 1.165) is 31.7 Å². The van der Waals surface area contributed by atoms with Crippen LogP contribution in [0.1, 0.15) is 17.5 Å². The number of rotatable bonds is 3. The molecule has 18 heavy (non-hydrogen) atoms. The first-order valence-corrected chi connectivity index (χ1v) is 6.43. The first kappa shape index (κ1) is 13.1. The molecular formula is C15H20N2O. The monoisotopic (exact) mass is 244 g/mol. The van der Waals surface area contributed by atoms with Crippen LogP contribution in [0.5, 0.6) is 0 Å². The van der Waals surface area contributed by atoms with Gasteiger partial charge in [0.25, 0.3) is 0 Å². The SMILES string of the molecule is NCC1CCN(Cc2ccc(C#CCO)cc2)C1. The van der Waals surface area contributed by atoms with Gasteiger partial charge in [-0.1, -0.05) is 24.0 Å². The Hall–Kier alpha value is -1.34. The van der Waals surface area contributed by atoms with Gasteiger partial charge in [0.1, 0.15) is 6.61 Å². The Morgan fingerprint density at radius 1 is 1.33 bits per heavy atom. The van der Waals surface area contributed by atoms with Gasteiger partial charge in [0.15, 0.2) is 0 Å². The van der Waals surface area contributed by atoms with E-state index in [2.05, 4.69) is 28.9 Å². The standard InChI is InChI=1S/C15H20N2O/c16-10-15-7-8-17(12-15)11-14-5-3-13(4-6-14)2-1-9-18/h3-6,15,18H,7-12,16H2. The number of nitrogens with two attached hydrogens (primary N) is 1. The molecule has 3 heteroatoms. The second-order valence-electron chi connectivity index (χ2n) is 4.78. The van der Waals surface area contributed by atoms with Crippen molar-refractivity contribution in [3.05, 3.63) is 35.4 Å². The van der Waals surface area contributed by atoms with Crippen molar-refractivity contribution in [2.75, 3.05) is 26.2 Å². The van der Waals surface area contributed by atoms with Gasteiger partial charge in [-0.3, -0.25) is 4.90 Å². The zero-order valence-corrected chi connectivity index (χ0v) is 10.6. The molecule has 1 aromatic rings. The van der Waals surface area contributed by atoms with Gasteiger partial charge in [0, 0.05) is 18.7 Å². The highest BCUT2D eigenvalue weighted by Crippen LogP contribution is 2.17. The Bertz CT molecular complexity index is 430. The summed E-state index contributed by atoms with van der Waals surface area (Å²) in [6.45, 7) is 3.96. The average molecular weight is 244 g/mol. The van der Waals surface area contributed by atoms with Gasteiger partial charge < -0.3 is 10.8 Å². The summed E-state index contributed by atoms with van der Waals surface area (Å²) < 4.78 is 0. The Morgan fingerprint density at radius 2 is 2.11 bits per heavy atom. The van der Waals surface area contributed by atoms with Gasteiger partial charge in [0.2, 0.25) is 0 Å². The Kier molecular flexibility index (Phi) is 4.77. The molecule has 0 spiro atoms. The first-order chi connectivity index (χ1) is 8.81. The lowest BCUT2D eigenvalue weighted by atomic mass is 10.1. The lowest BCUT2D eigenvalue weighted by Gasteiger charge is -2.15. The fourth-order valence-corrected chi connectivity index (χ4v) is 2.34. The molecule has 1 saturated heterocycles. The minimum absolute atomic E-state index is 0.0873. The maximum atomic E-state index is 8.63. The molecule has 96 valence electrons. The molecular weight excluding hydrogens is 224 g/mol. The zero-order valence-electron chi connectivity index (χ0n) is 10.6. The predicted molar refractivity (Wildman–Crippen MR) is 72.8 cm³/mol.